The zero-order valence-electron chi connectivity index (χ0n) is 10.5. The normalized spacial score (nSPS) is 11.7. The van der Waals surface area contributed by atoms with Gasteiger partial charge in [0.15, 0.2) is 5.69 Å². The van der Waals surface area contributed by atoms with Gasteiger partial charge in [0.25, 0.3) is 0 Å². The second-order valence-corrected chi connectivity index (χ2v) is 3.63. The molecule has 18 heavy (non-hydrogen) atoms. The van der Waals surface area contributed by atoms with E-state index < -0.39 is 18.0 Å². The summed E-state index contributed by atoms with van der Waals surface area (Å²) in [5.41, 5.74) is 0.0436. The number of hydrogen-bond acceptors (Lipinski definition) is 6. The van der Waals surface area contributed by atoms with Gasteiger partial charge in [-0.05, 0) is 6.42 Å². The molecule has 0 aliphatic carbocycles. The second-order valence-electron chi connectivity index (χ2n) is 3.63. The summed E-state index contributed by atoms with van der Waals surface area (Å²) >= 11 is 0. The van der Waals surface area contributed by atoms with Crippen LogP contribution in [-0.4, -0.2) is 47.2 Å². The summed E-state index contributed by atoms with van der Waals surface area (Å²) in [6.07, 6.45) is 3.08. The fourth-order valence-electron chi connectivity index (χ4n) is 1.50. The van der Waals surface area contributed by atoms with Crippen molar-refractivity contribution < 1.29 is 19.4 Å². The van der Waals surface area contributed by atoms with Gasteiger partial charge < -0.3 is 14.7 Å². The van der Waals surface area contributed by atoms with Crippen molar-refractivity contribution in [3.8, 4) is 0 Å². The molecule has 1 aromatic rings. The molecular formula is C11H15N3O4. The number of hydrogen-bond donors (Lipinski definition) is 1. The minimum absolute atomic E-state index is 0.0436. The first-order chi connectivity index (χ1) is 8.51. The fourth-order valence-corrected chi connectivity index (χ4v) is 1.50. The van der Waals surface area contributed by atoms with Crippen molar-refractivity contribution in [3.05, 3.63) is 18.1 Å². The van der Waals surface area contributed by atoms with E-state index in [-0.39, 0.29) is 5.69 Å². The second kappa shape index (κ2) is 5.95. The molecule has 1 rings (SSSR count). The van der Waals surface area contributed by atoms with Crippen molar-refractivity contribution >= 4 is 17.8 Å². The van der Waals surface area contributed by atoms with E-state index in [4.69, 9.17) is 5.11 Å². The number of rotatable bonds is 5. The topological polar surface area (TPSA) is 92.6 Å². The Morgan fingerprint density at radius 2 is 2.17 bits per heavy atom. The summed E-state index contributed by atoms with van der Waals surface area (Å²) in [4.78, 5) is 31.7. The van der Waals surface area contributed by atoms with Crippen LogP contribution < -0.4 is 4.90 Å². The summed E-state index contributed by atoms with van der Waals surface area (Å²) in [6, 6.07) is -0.716. The van der Waals surface area contributed by atoms with Crippen molar-refractivity contribution in [1.82, 2.24) is 9.97 Å². The number of carboxylic acids is 1. The maximum Gasteiger partial charge on any atom is 0.358 e. The van der Waals surface area contributed by atoms with Gasteiger partial charge in [-0.2, -0.15) is 0 Å². The third-order valence-electron chi connectivity index (χ3n) is 2.52. The molecule has 0 amide bonds. The lowest BCUT2D eigenvalue weighted by Crippen LogP contribution is -2.38. The maximum absolute atomic E-state index is 11.3. The molecule has 1 atom stereocenters. The average molecular weight is 253 g/mol. The minimum Gasteiger partial charge on any atom is -0.480 e. The largest absolute Gasteiger partial charge is 0.480 e. The Hall–Kier alpha value is -2.18. The van der Waals surface area contributed by atoms with Crippen LogP contribution in [0.5, 0.6) is 0 Å². The summed E-state index contributed by atoms with van der Waals surface area (Å²) in [5.74, 6) is -1.25. The Morgan fingerprint density at radius 1 is 1.50 bits per heavy atom. The Kier molecular flexibility index (Phi) is 4.59. The third kappa shape index (κ3) is 2.93. The lowest BCUT2D eigenvalue weighted by Gasteiger charge is -2.24. The highest BCUT2D eigenvalue weighted by molar-refractivity contribution is 5.87. The van der Waals surface area contributed by atoms with E-state index >= 15 is 0 Å². The number of aromatic nitrogens is 2. The van der Waals surface area contributed by atoms with Gasteiger partial charge in [-0.1, -0.05) is 6.92 Å². The maximum atomic E-state index is 11.3. The van der Waals surface area contributed by atoms with Gasteiger partial charge in [-0.3, -0.25) is 4.98 Å². The van der Waals surface area contributed by atoms with Crippen LogP contribution in [-0.2, 0) is 9.53 Å². The molecule has 0 aromatic carbocycles. The summed E-state index contributed by atoms with van der Waals surface area (Å²) in [6.45, 7) is 1.76. The number of likely N-dealkylation sites (N-methyl/N-ethyl adjacent to an activating group) is 1. The number of carbonyl (C=O) groups excluding carboxylic acids is 1. The zero-order chi connectivity index (χ0) is 13.7. The van der Waals surface area contributed by atoms with Crippen molar-refractivity contribution in [2.75, 3.05) is 19.1 Å². The monoisotopic (exact) mass is 253 g/mol. The summed E-state index contributed by atoms with van der Waals surface area (Å²) in [5, 5.41) is 9.05. The standard InChI is InChI=1S/C11H15N3O4/c1-4-8(10(15)16)14(2)9-6-12-5-7(13-9)11(17)18-3/h5-6,8H,4H2,1-3H3,(H,15,16). The van der Waals surface area contributed by atoms with Gasteiger partial charge in [0.1, 0.15) is 11.9 Å². The minimum atomic E-state index is -0.953. The van der Waals surface area contributed by atoms with Crippen molar-refractivity contribution in [3.63, 3.8) is 0 Å². The molecule has 0 radical (unpaired) electrons. The van der Waals surface area contributed by atoms with E-state index in [0.717, 1.165) is 0 Å². The van der Waals surface area contributed by atoms with Crippen LogP contribution in [0.1, 0.15) is 23.8 Å². The number of esters is 1. The highest BCUT2D eigenvalue weighted by Crippen LogP contribution is 2.13. The molecule has 98 valence electrons. The first kappa shape index (κ1) is 13.9. The van der Waals surface area contributed by atoms with Crippen LogP contribution in [0, 0.1) is 0 Å². The molecule has 0 aliphatic heterocycles. The van der Waals surface area contributed by atoms with Gasteiger partial charge in [0, 0.05) is 7.05 Å². The predicted octanol–water partition coefficient (Wildman–Crippen LogP) is 0.563. The van der Waals surface area contributed by atoms with Crippen LogP contribution in [0.4, 0.5) is 5.82 Å². The highest BCUT2D eigenvalue weighted by Gasteiger charge is 2.22. The van der Waals surface area contributed by atoms with E-state index in [2.05, 4.69) is 14.7 Å². The molecule has 0 fully saturated rings. The quantitative estimate of drug-likeness (QED) is 0.766. The van der Waals surface area contributed by atoms with Crippen LogP contribution in [0.2, 0.25) is 0 Å². The van der Waals surface area contributed by atoms with Gasteiger partial charge in [0.2, 0.25) is 0 Å². The lowest BCUT2D eigenvalue weighted by atomic mass is 10.2. The molecule has 0 saturated carbocycles. The number of aliphatic carboxylic acids is 1. The van der Waals surface area contributed by atoms with Crippen LogP contribution in [0.15, 0.2) is 12.4 Å². The van der Waals surface area contributed by atoms with Crippen LogP contribution >= 0.6 is 0 Å². The smallest absolute Gasteiger partial charge is 0.358 e. The van der Waals surface area contributed by atoms with Crippen LogP contribution in [0.25, 0.3) is 0 Å². The van der Waals surface area contributed by atoms with E-state index in [1.807, 2.05) is 0 Å². The molecule has 1 N–H and O–H groups in total. The Labute approximate surface area is 104 Å². The molecule has 0 saturated heterocycles. The number of carboxylic acid groups (broad SMARTS) is 1. The first-order valence-corrected chi connectivity index (χ1v) is 5.37. The predicted molar refractivity (Wildman–Crippen MR) is 63.5 cm³/mol. The summed E-state index contributed by atoms with van der Waals surface area (Å²) < 4.78 is 4.53. The van der Waals surface area contributed by atoms with E-state index in [1.165, 1.54) is 24.4 Å². The molecular weight excluding hydrogens is 238 g/mol. The molecule has 1 aromatic heterocycles. The number of carbonyl (C=O) groups is 2. The molecule has 1 unspecified atom stereocenters. The van der Waals surface area contributed by atoms with Crippen molar-refractivity contribution in [2.24, 2.45) is 0 Å². The molecule has 1 heterocycles. The number of ether oxygens (including phenoxy) is 1. The molecule has 7 heteroatoms. The van der Waals surface area contributed by atoms with Crippen molar-refractivity contribution in [2.45, 2.75) is 19.4 Å². The first-order valence-electron chi connectivity index (χ1n) is 5.37. The molecule has 0 spiro atoms. The van der Waals surface area contributed by atoms with Gasteiger partial charge in [0.05, 0.1) is 19.5 Å². The lowest BCUT2D eigenvalue weighted by molar-refractivity contribution is -0.138. The Balaban J connectivity index is 3.02. The molecule has 7 nitrogen and oxygen atoms in total. The fraction of sp³-hybridized carbons (Fsp3) is 0.455. The van der Waals surface area contributed by atoms with E-state index in [9.17, 15) is 9.59 Å². The third-order valence-corrected chi connectivity index (χ3v) is 2.52. The van der Waals surface area contributed by atoms with Gasteiger partial charge in [-0.25, -0.2) is 14.6 Å². The van der Waals surface area contributed by atoms with E-state index in [0.29, 0.717) is 12.2 Å². The molecule has 0 aliphatic rings. The van der Waals surface area contributed by atoms with Gasteiger partial charge in [-0.15, -0.1) is 0 Å². The van der Waals surface area contributed by atoms with Gasteiger partial charge >= 0.3 is 11.9 Å². The number of methoxy groups -OCH3 is 1. The average Bonchev–Trinajstić information content (AvgIpc) is 2.38. The van der Waals surface area contributed by atoms with Crippen molar-refractivity contribution in [1.29, 1.82) is 0 Å². The highest BCUT2D eigenvalue weighted by atomic mass is 16.5. The zero-order valence-corrected chi connectivity index (χ0v) is 10.5. The SMILES string of the molecule is CCC(C(=O)O)N(C)c1cncc(C(=O)OC)n1. The van der Waals surface area contributed by atoms with E-state index in [1.54, 1.807) is 14.0 Å². The number of anilines is 1. The van der Waals surface area contributed by atoms with Crippen LogP contribution in [0.3, 0.4) is 0 Å². The Bertz CT molecular complexity index is 450. The molecule has 0 bridgehead atoms. The Morgan fingerprint density at radius 3 is 2.67 bits per heavy atom. The summed E-state index contributed by atoms with van der Waals surface area (Å²) in [7, 11) is 2.83. The number of nitrogens with zero attached hydrogens (tertiary/aromatic N) is 3.